The van der Waals surface area contributed by atoms with Gasteiger partial charge in [0, 0.05) is 21.9 Å². The summed E-state index contributed by atoms with van der Waals surface area (Å²) in [5.41, 5.74) is 3.19. The maximum atomic E-state index is 12.4. The number of carbonyl (C=O) groups is 2. The van der Waals surface area contributed by atoms with Crippen molar-refractivity contribution in [3.63, 3.8) is 0 Å². The zero-order valence-electron chi connectivity index (χ0n) is 23.6. The number of carbonyl (C=O) groups excluding carboxylic acids is 2. The molecule has 41 heavy (non-hydrogen) atoms. The molecule has 0 saturated heterocycles. The lowest BCUT2D eigenvalue weighted by molar-refractivity contribution is -0.147. The molecule has 0 aliphatic carbocycles. The molecule has 0 aliphatic heterocycles. The maximum Gasteiger partial charge on any atom is 0.333 e. The van der Waals surface area contributed by atoms with Crippen LogP contribution in [0.1, 0.15) is 42.7 Å². The molecule has 0 fully saturated rings. The second kappa shape index (κ2) is 13.5. The Labute approximate surface area is 240 Å². The Balaban J connectivity index is 1.59. The van der Waals surface area contributed by atoms with E-state index in [0.29, 0.717) is 22.6 Å². The van der Waals surface area contributed by atoms with Gasteiger partial charge in [0.1, 0.15) is 24.7 Å². The molecule has 6 nitrogen and oxygen atoms in total. The molecule has 210 valence electrons. The number of hydrogen-bond donors (Lipinski definition) is 0. The van der Waals surface area contributed by atoms with Gasteiger partial charge in [0.2, 0.25) is 0 Å². The van der Waals surface area contributed by atoms with E-state index in [9.17, 15) is 9.59 Å². The Hall–Kier alpha value is -4.84. The number of fused-ring (bicyclic) bond motifs is 1. The minimum atomic E-state index is -0.621. The maximum absolute atomic E-state index is 12.4. The molecule has 4 aromatic rings. The Morgan fingerprint density at radius 1 is 0.634 bits per heavy atom. The van der Waals surface area contributed by atoms with Crippen LogP contribution in [0.25, 0.3) is 10.8 Å². The first-order valence-electron chi connectivity index (χ1n) is 13.4. The smallest absolute Gasteiger partial charge is 0.333 e. The summed E-state index contributed by atoms with van der Waals surface area (Å²) in [6.45, 7) is 12.8. The molecule has 4 rings (SSSR count). The van der Waals surface area contributed by atoms with Crippen molar-refractivity contribution in [3.05, 3.63) is 132 Å². The van der Waals surface area contributed by atoms with Crippen molar-refractivity contribution in [1.29, 1.82) is 0 Å². The summed E-state index contributed by atoms with van der Waals surface area (Å²) < 4.78 is 24.0. The van der Waals surface area contributed by atoms with Crippen LogP contribution >= 0.6 is 0 Å². The molecule has 0 amide bonds. The van der Waals surface area contributed by atoms with E-state index < -0.39 is 24.1 Å². The van der Waals surface area contributed by atoms with Gasteiger partial charge in [-0.1, -0.05) is 98.1 Å². The summed E-state index contributed by atoms with van der Waals surface area (Å²) in [5, 5.41) is 1.68. The van der Waals surface area contributed by atoms with Crippen LogP contribution in [0.5, 0.6) is 11.5 Å². The first kappa shape index (κ1) is 29.2. The molecule has 0 N–H and O–H groups in total. The van der Waals surface area contributed by atoms with E-state index in [4.69, 9.17) is 18.9 Å². The van der Waals surface area contributed by atoms with Crippen LogP contribution in [-0.4, -0.2) is 25.2 Å². The molecule has 0 heterocycles. The summed E-state index contributed by atoms with van der Waals surface area (Å²) >= 11 is 0. The Kier molecular flexibility index (Phi) is 9.59. The van der Waals surface area contributed by atoms with Crippen molar-refractivity contribution in [1.82, 2.24) is 0 Å². The van der Waals surface area contributed by atoms with E-state index in [1.54, 1.807) is 13.8 Å². The molecule has 0 aromatic heterocycles. The highest BCUT2D eigenvalue weighted by Gasteiger charge is 2.21. The molecular formula is C35H34O6. The van der Waals surface area contributed by atoms with Gasteiger partial charge in [-0.25, -0.2) is 9.59 Å². The predicted molar refractivity (Wildman–Crippen MR) is 160 cm³/mol. The third-order valence-electron chi connectivity index (χ3n) is 6.48. The molecule has 6 heteroatoms. The largest absolute Gasteiger partial charge is 0.489 e. The van der Waals surface area contributed by atoms with Crippen LogP contribution in [0.3, 0.4) is 0 Å². The highest BCUT2D eigenvalue weighted by atomic mass is 16.6. The molecule has 0 bridgehead atoms. The van der Waals surface area contributed by atoms with Gasteiger partial charge in [0.25, 0.3) is 0 Å². The average Bonchev–Trinajstić information content (AvgIpc) is 2.98. The highest BCUT2D eigenvalue weighted by Crippen LogP contribution is 2.36. The zero-order chi connectivity index (χ0) is 29.4. The number of rotatable bonds is 12. The fraction of sp³-hybridized carbons (Fsp3) is 0.200. The molecule has 0 aliphatic rings. The SMILES string of the molecule is C=C(C)C(=O)OC(COc1cccc2c(OCC(OC(=O)C(=C)C)c3ccccc3)c(C)ccc12)c1ccccc1. The summed E-state index contributed by atoms with van der Waals surface area (Å²) in [6.07, 6.45) is -1.24. The normalized spacial score (nSPS) is 12.2. The van der Waals surface area contributed by atoms with Crippen molar-refractivity contribution < 1.29 is 28.5 Å². The molecule has 2 atom stereocenters. The number of benzene rings is 4. The van der Waals surface area contributed by atoms with Gasteiger partial charge in [-0.15, -0.1) is 0 Å². The highest BCUT2D eigenvalue weighted by molar-refractivity contribution is 5.94. The zero-order valence-corrected chi connectivity index (χ0v) is 23.6. The van der Waals surface area contributed by atoms with Gasteiger partial charge in [-0.2, -0.15) is 0 Å². The lowest BCUT2D eigenvalue weighted by Crippen LogP contribution is -2.19. The Morgan fingerprint density at radius 3 is 1.66 bits per heavy atom. The fourth-order valence-corrected chi connectivity index (χ4v) is 4.24. The molecule has 4 aromatic carbocycles. The Bertz CT molecular complexity index is 1540. The topological polar surface area (TPSA) is 71.1 Å². The summed E-state index contributed by atoms with van der Waals surface area (Å²) in [4.78, 5) is 24.7. The molecule has 0 saturated carbocycles. The van der Waals surface area contributed by atoms with Crippen LogP contribution in [0.4, 0.5) is 0 Å². The lowest BCUT2D eigenvalue weighted by atomic mass is 10.0. The van der Waals surface area contributed by atoms with Crippen molar-refractivity contribution in [2.75, 3.05) is 13.2 Å². The number of ether oxygens (including phenoxy) is 4. The standard InChI is InChI=1S/C35H34O6/c1-23(2)34(36)40-31(26-13-8-6-9-14-26)21-38-30-18-12-17-29-28(30)20-19-25(5)33(29)39-22-32(41-35(37)24(3)4)27-15-10-7-11-16-27/h6-20,31-32H,1,3,21-22H2,2,4-5H3. The fourth-order valence-electron chi connectivity index (χ4n) is 4.24. The van der Waals surface area contributed by atoms with Crippen molar-refractivity contribution in [2.24, 2.45) is 0 Å². The predicted octanol–water partition coefficient (Wildman–Crippen LogP) is 7.63. The number of aryl methyl sites for hydroxylation is 1. The molecule has 0 radical (unpaired) electrons. The van der Waals surface area contributed by atoms with Crippen LogP contribution < -0.4 is 9.47 Å². The van der Waals surface area contributed by atoms with Crippen LogP contribution in [-0.2, 0) is 19.1 Å². The van der Waals surface area contributed by atoms with Gasteiger partial charge < -0.3 is 18.9 Å². The second-order valence-electron chi connectivity index (χ2n) is 9.85. The molecular weight excluding hydrogens is 516 g/mol. The van der Waals surface area contributed by atoms with Gasteiger partial charge in [0.15, 0.2) is 12.2 Å². The third kappa shape index (κ3) is 7.42. The van der Waals surface area contributed by atoms with E-state index >= 15 is 0 Å². The second-order valence-corrected chi connectivity index (χ2v) is 9.85. The van der Waals surface area contributed by atoms with E-state index in [0.717, 1.165) is 27.5 Å². The first-order chi connectivity index (χ1) is 19.7. The number of hydrogen-bond acceptors (Lipinski definition) is 6. The summed E-state index contributed by atoms with van der Waals surface area (Å²) in [7, 11) is 0. The quantitative estimate of drug-likeness (QED) is 0.133. The minimum Gasteiger partial charge on any atom is -0.489 e. The van der Waals surface area contributed by atoms with Crippen molar-refractivity contribution >= 4 is 22.7 Å². The lowest BCUT2D eigenvalue weighted by Gasteiger charge is -2.22. The monoisotopic (exact) mass is 550 g/mol. The van der Waals surface area contributed by atoms with Crippen LogP contribution in [0.2, 0.25) is 0 Å². The van der Waals surface area contributed by atoms with Gasteiger partial charge in [-0.05, 0) is 43.5 Å². The Morgan fingerprint density at radius 2 is 1.15 bits per heavy atom. The average molecular weight is 551 g/mol. The van der Waals surface area contributed by atoms with Gasteiger partial charge in [0.05, 0.1) is 0 Å². The van der Waals surface area contributed by atoms with E-state index in [1.807, 2.05) is 97.9 Å². The van der Waals surface area contributed by atoms with Crippen molar-refractivity contribution in [3.8, 4) is 11.5 Å². The van der Waals surface area contributed by atoms with E-state index in [2.05, 4.69) is 13.2 Å². The van der Waals surface area contributed by atoms with E-state index in [-0.39, 0.29) is 13.2 Å². The minimum absolute atomic E-state index is 0.110. The van der Waals surface area contributed by atoms with E-state index in [1.165, 1.54) is 0 Å². The summed E-state index contributed by atoms with van der Waals surface area (Å²) in [5.74, 6) is 0.321. The van der Waals surface area contributed by atoms with Crippen molar-refractivity contribution in [2.45, 2.75) is 33.0 Å². The van der Waals surface area contributed by atoms with Gasteiger partial charge >= 0.3 is 11.9 Å². The molecule has 2 unspecified atom stereocenters. The number of esters is 2. The first-order valence-corrected chi connectivity index (χ1v) is 13.4. The van der Waals surface area contributed by atoms with Crippen LogP contribution in [0, 0.1) is 6.92 Å². The third-order valence-corrected chi connectivity index (χ3v) is 6.48. The van der Waals surface area contributed by atoms with Gasteiger partial charge in [-0.3, -0.25) is 0 Å². The molecule has 0 spiro atoms. The summed E-state index contributed by atoms with van der Waals surface area (Å²) in [6, 6.07) is 28.6. The van der Waals surface area contributed by atoms with Crippen LogP contribution in [0.15, 0.2) is 115 Å².